The predicted octanol–water partition coefficient (Wildman–Crippen LogP) is 10.8. The van der Waals surface area contributed by atoms with Crippen LogP contribution >= 0.6 is 0 Å². The van der Waals surface area contributed by atoms with Crippen molar-refractivity contribution in [3.05, 3.63) is 120 Å². The minimum atomic E-state index is -0.337. The fourth-order valence-corrected chi connectivity index (χ4v) is 8.37. The van der Waals surface area contributed by atoms with Crippen molar-refractivity contribution in [3.8, 4) is 22.6 Å². The van der Waals surface area contributed by atoms with E-state index in [2.05, 4.69) is 172 Å². The van der Waals surface area contributed by atoms with Crippen LogP contribution in [0.4, 0.5) is 0 Å². The quantitative estimate of drug-likeness (QED) is 0.168. The molecule has 0 unspecified atom stereocenters. The lowest BCUT2D eigenvalue weighted by molar-refractivity contribution is -0.681. The van der Waals surface area contributed by atoms with Gasteiger partial charge in [0.05, 0.1) is 17.2 Å². The Labute approximate surface area is 283 Å². The molecule has 1 aliphatic heterocycles. The standard InChI is InChI=1S/C44H45N3O/c1-8-44(9-2)36(26-31-16-10-11-17-32(31)43-46(29(5)6)37-19-13-14-20-38(37)47(43)44)35-23-22-34-33-18-12-15-21-40(33)48-42(34)41(35)39-27-30(28(3)4)24-25-45(39)7/h10-29H,8-9H2,1-7H3/q+2. The van der Waals surface area contributed by atoms with Crippen molar-refractivity contribution in [2.75, 3.05) is 0 Å². The molecule has 4 heteroatoms. The average Bonchev–Trinajstić information content (AvgIpc) is 3.62. The van der Waals surface area contributed by atoms with E-state index in [1.54, 1.807) is 0 Å². The fourth-order valence-electron chi connectivity index (χ4n) is 8.37. The minimum Gasteiger partial charge on any atom is -0.455 e. The van der Waals surface area contributed by atoms with Crippen LogP contribution in [-0.4, -0.2) is 4.57 Å². The second-order valence-electron chi connectivity index (χ2n) is 14.1. The van der Waals surface area contributed by atoms with Crippen molar-refractivity contribution in [1.82, 2.24) is 4.57 Å². The zero-order chi connectivity index (χ0) is 33.3. The van der Waals surface area contributed by atoms with Crippen LogP contribution in [0.2, 0.25) is 0 Å². The molecule has 4 heterocycles. The third kappa shape index (κ3) is 4.28. The van der Waals surface area contributed by atoms with Crippen molar-refractivity contribution in [1.29, 1.82) is 0 Å². The topological polar surface area (TPSA) is 25.8 Å². The van der Waals surface area contributed by atoms with E-state index in [-0.39, 0.29) is 11.6 Å². The Kier molecular flexibility index (Phi) is 7.17. The number of hydrogen-bond donors (Lipinski definition) is 0. The number of furan rings is 1. The summed E-state index contributed by atoms with van der Waals surface area (Å²) in [6.07, 6.45) is 6.57. The Balaban J connectivity index is 1.57. The molecule has 0 amide bonds. The van der Waals surface area contributed by atoms with Gasteiger partial charge in [0.15, 0.2) is 17.2 Å². The smallest absolute Gasteiger partial charge is 0.291 e. The number of benzene rings is 4. The number of aromatic nitrogens is 3. The zero-order valence-corrected chi connectivity index (χ0v) is 29.2. The largest absolute Gasteiger partial charge is 0.455 e. The van der Waals surface area contributed by atoms with Crippen LogP contribution in [0.1, 0.15) is 83.0 Å². The lowest BCUT2D eigenvalue weighted by atomic mass is 9.77. The molecule has 0 spiro atoms. The van der Waals surface area contributed by atoms with Crippen molar-refractivity contribution in [2.45, 2.75) is 71.9 Å². The van der Waals surface area contributed by atoms with Crippen LogP contribution in [0.15, 0.2) is 108 Å². The van der Waals surface area contributed by atoms with Gasteiger partial charge >= 0.3 is 0 Å². The van der Waals surface area contributed by atoms with E-state index >= 15 is 0 Å². The average molecular weight is 632 g/mol. The van der Waals surface area contributed by atoms with Gasteiger partial charge in [0, 0.05) is 28.5 Å². The molecule has 48 heavy (non-hydrogen) atoms. The summed E-state index contributed by atoms with van der Waals surface area (Å²) in [6.45, 7) is 13.9. The van der Waals surface area contributed by atoms with Crippen LogP contribution in [-0.2, 0) is 12.6 Å². The Morgan fingerprint density at radius 1 is 0.771 bits per heavy atom. The summed E-state index contributed by atoms with van der Waals surface area (Å²) in [5, 5.41) is 2.30. The Morgan fingerprint density at radius 2 is 1.50 bits per heavy atom. The number of nitrogens with zero attached hydrogens (tertiary/aromatic N) is 3. The van der Waals surface area contributed by atoms with E-state index in [1.165, 1.54) is 44.7 Å². The normalized spacial score (nSPS) is 14.1. The van der Waals surface area contributed by atoms with E-state index in [4.69, 9.17) is 4.42 Å². The highest BCUT2D eigenvalue weighted by molar-refractivity contribution is 6.12. The van der Waals surface area contributed by atoms with E-state index in [0.717, 1.165) is 46.0 Å². The van der Waals surface area contributed by atoms with Gasteiger partial charge in [-0.2, -0.15) is 0 Å². The van der Waals surface area contributed by atoms with Gasteiger partial charge in [-0.1, -0.05) is 82.3 Å². The fraction of sp³-hybridized carbons (Fsp3) is 0.273. The van der Waals surface area contributed by atoms with Gasteiger partial charge in [0.25, 0.3) is 5.82 Å². The van der Waals surface area contributed by atoms with Crippen molar-refractivity contribution < 1.29 is 13.6 Å². The van der Waals surface area contributed by atoms with Crippen LogP contribution < -0.4 is 9.13 Å². The molecule has 7 aromatic rings. The van der Waals surface area contributed by atoms with Crippen LogP contribution in [0, 0.1) is 0 Å². The first kappa shape index (κ1) is 30.4. The molecular formula is C44H45N3O+2. The van der Waals surface area contributed by atoms with Crippen molar-refractivity contribution in [3.63, 3.8) is 0 Å². The first-order chi connectivity index (χ1) is 23.3. The summed E-state index contributed by atoms with van der Waals surface area (Å²) in [7, 11) is 2.16. The van der Waals surface area contributed by atoms with Gasteiger partial charge in [-0.05, 0) is 85.7 Å². The van der Waals surface area contributed by atoms with E-state index in [0.29, 0.717) is 5.92 Å². The molecule has 1 aliphatic rings. The van der Waals surface area contributed by atoms with Gasteiger partial charge in [0.1, 0.15) is 23.8 Å². The highest BCUT2D eigenvalue weighted by Gasteiger charge is 2.47. The SMILES string of the molecule is CCC1(CC)C(c2ccc3c(oc4ccccc43)c2-c2cc(C(C)C)cc[n+]2C)=Cc2ccccc2-c2n1c1ccccc1[n+]2C(C)C. The molecule has 8 rings (SSSR count). The maximum atomic E-state index is 6.88. The van der Waals surface area contributed by atoms with Crippen molar-refractivity contribution in [2.24, 2.45) is 7.05 Å². The van der Waals surface area contributed by atoms with Gasteiger partial charge < -0.3 is 4.42 Å². The third-order valence-electron chi connectivity index (χ3n) is 10.9. The van der Waals surface area contributed by atoms with Crippen molar-refractivity contribution >= 4 is 44.6 Å². The van der Waals surface area contributed by atoms with Gasteiger partial charge in [-0.15, -0.1) is 0 Å². The van der Waals surface area contributed by atoms with E-state index in [9.17, 15) is 0 Å². The molecule has 3 aromatic heterocycles. The molecule has 0 N–H and O–H groups in total. The number of pyridine rings is 1. The number of fused-ring (bicyclic) bond motifs is 8. The van der Waals surface area contributed by atoms with Crippen LogP contribution in [0.25, 0.3) is 67.3 Å². The molecule has 0 fully saturated rings. The van der Waals surface area contributed by atoms with Crippen LogP contribution in [0.5, 0.6) is 0 Å². The summed E-state index contributed by atoms with van der Waals surface area (Å²) in [5.74, 6) is 1.67. The molecule has 0 saturated heterocycles. The molecule has 0 radical (unpaired) electrons. The number of imidazole rings is 1. The van der Waals surface area contributed by atoms with Gasteiger partial charge in [-0.25, -0.2) is 13.7 Å². The molecule has 0 bridgehead atoms. The monoisotopic (exact) mass is 631 g/mol. The summed E-state index contributed by atoms with van der Waals surface area (Å²) in [5.41, 5.74) is 12.7. The molecule has 4 aromatic carbocycles. The number of hydrogen-bond acceptors (Lipinski definition) is 1. The highest BCUT2D eigenvalue weighted by Crippen LogP contribution is 2.51. The minimum absolute atomic E-state index is 0.285. The highest BCUT2D eigenvalue weighted by atomic mass is 16.3. The maximum absolute atomic E-state index is 6.88. The molecule has 0 saturated carbocycles. The number of aryl methyl sites for hydroxylation is 1. The maximum Gasteiger partial charge on any atom is 0.291 e. The summed E-state index contributed by atoms with van der Waals surface area (Å²) in [6, 6.07) is 36.0. The van der Waals surface area contributed by atoms with Crippen LogP contribution in [0.3, 0.4) is 0 Å². The Bertz CT molecular complexity index is 2400. The lowest BCUT2D eigenvalue weighted by Gasteiger charge is -2.33. The summed E-state index contributed by atoms with van der Waals surface area (Å²) < 4.78 is 14.4. The molecule has 0 atom stereocenters. The number of para-hydroxylation sites is 3. The number of rotatable bonds is 6. The third-order valence-corrected chi connectivity index (χ3v) is 10.9. The second kappa shape index (κ2) is 11.3. The summed E-state index contributed by atoms with van der Waals surface area (Å²) in [4.78, 5) is 0. The van der Waals surface area contributed by atoms with Gasteiger partial charge in [0.2, 0.25) is 5.69 Å². The van der Waals surface area contributed by atoms with Gasteiger partial charge in [-0.3, -0.25) is 0 Å². The molecule has 240 valence electrons. The summed E-state index contributed by atoms with van der Waals surface area (Å²) >= 11 is 0. The molecule has 4 nitrogen and oxygen atoms in total. The first-order valence-electron chi connectivity index (χ1n) is 17.6. The first-order valence-corrected chi connectivity index (χ1v) is 17.6. The molecule has 0 aliphatic carbocycles. The lowest BCUT2D eigenvalue weighted by Crippen LogP contribution is -2.41. The Morgan fingerprint density at radius 3 is 2.27 bits per heavy atom. The Hall–Kier alpha value is -4.96. The zero-order valence-electron chi connectivity index (χ0n) is 29.2. The number of allylic oxidation sites excluding steroid dienone is 1. The predicted molar refractivity (Wildman–Crippen MR) is 199 cm³/mol. The molecular weight excluding hydrogens is 587 g/mol. The van der Waals surface area contributed by atoms with E-state index < -0.39 is 0 Å². The van der Waals surface area contributed by atoms with E-state index in [1.807, 2.05) is 0 Å². The second-order valence-corrected chi connectivity index (χ2v) is 14.1.